The van der Waals surface area contributed by atoms with E-state index in [9.17, 15) is 39.9 Å². The highest BCUT2D eigenvalue weighted by Crippen LogP contribution is 2.54. The molecule has 0 aliphatic carbocycles. The number of amides is 1. The number of aliphatic hydroxyl groups is 3. The third-order valence-corrected chi connectivity index (χ3v) is 11.6. The van der Waals surface area contributed by atoms with Crippen molar-refractivity contribution in [1.29, 1.82) is 0 Å². The van der Waals surface area contributed by atoms with Gasteiger partial charge in [-0.05, 0) is 51.5 Å². The number of rotatable bonds is 2. The topological polar surface area (TPSA) is 219 Å². The van der Waals surface area contributed by atoms with Crippen molar-refractivity contribution in [2.45, 2.75) is 98.1 Å². The van der Waals surface area contributed by atoms with Crippen LogP contribution in [0.2, 0.25) is 0 Å². The number of pyridine rings is 1. The number of methoxy groups -OCH3 is 1. The molecule has 4 heterocycles. The zero-order valence-corrected chi connectivity index (χ0v) is 34.1. The van der Waals surface area contributed by atoms with Crippen molar-refractivity contribution in [3.8, 4) is 17.2 Å². The van der Waals surface area contributed by atoms with Gasteiger partial charge in [0, 0.05) is 61.4 Å². The molecule has 6 N–H and O–H groups in total. The Morgan fingerprint density at radius 3 is 2.34 bits per heavy atom. The van der Waals surface area contributed by atoms with Gasteiger partial charge in [-0.25, -0.2) is 4.98 Å². The van der Waals surface area contributed by atoms with E-state index in [2.05, 4.69) is 5.32 Å². The Bertz CT molecular complexity index is 2430. The second-order valence-electron chi connectivity index (χ2n) is 15.9. The van der Waals surface area contributed by atoms with Gasteiger partial charge in [0.2, 0.25) is 0 Å². The Morgan fingerprint density at radius 2 is 1.69 bits per heavy atom. The zero-order valence-electron chi connectivity index (χ0n) is 34.1. The van der Waals surface area contributed by atoms with Crippen LogP contribution in [0.25, 0.3) is 27.5 Å². The summed E-state index contributed by atoms with van der Waals surface area (Å²) in [7, 11) is 1.30. The van der Waals surface area contributed by atoms with Crippen LogP contribution >= 0.6 is 0 Å². The number of benzene rings is 2. The number of nitrogens with zero attached hydrogens (tertiary/aromatic N) is 2. The Morgan fingerprint density at radius 1 is 1.00 bits per heavy atom. The molecule has 9 atom stereocenters. The maximum absolute atomic E-state index is 14.6. The van der Waals surface area contributed by atoms with Crippen LogP contribution in [0.5, 0.6) is 17.2 Å². The van der Waals surface area contributed by atoms with Gasteiger partial charge in [-0.1, -0.05) is 39.0 Å². The number of esters is 1. The molecule has 4 aromatic rings. The lowest BCUT2D eigenvalue weighted by Gasteiger charge is -2.42. The average molecular weight is 802 g/mol. The predicted molar refractivity (Wildman–Crippen MR) is 215 cm³/mol. The molecule has 4 bridgehead atoms. The van der Waals surface area contributed by atoms with Gasteiger partial charge in [-0.3, -0.25) is 18.8 Å². The molecule has 0 spiro atoms. The van der Waals surface area contributed by atoms with Gasteiger partial charge in [0.1, 0.15) is 51.7 Å². The van der Waals surface area contributed by atoms with Gasteiger partial charge in [0.15, 0.2) is 5.75 Å². The van der Waals surface area contributed by atoms with E-state index in [0.717, 1.165) is 18.7 Å². The lowest BCUT2D eigenvalue weighted by molar-refractivity contribution is -0.194. The summed E-state index contributed by atoms with van der Waals surface area (Å²) in [6, 6.07) is 3.60. The summed E-state index contributed by atoms with van der Waals surface area (Å²) < 4.78 is 25.1. The zero-order chi connectivity index (χ0) is 42.8. The van der Waals surface area contributed by atoms with Gasteiger partial charge in [0.25, 0.3) is 11.7 Å². The van der Waals surface area contributed by atoms with Gasteiger partial charge in [0.05, 0.1) is 29.4 Å². The van der Waals surface area contributed by atoms with Gasteiger partial charge in [-0.2, -0.15) is 0 Å². The molecule has 15 heteroatoms. The van der Waals surface area contributed by atoms with Crippen molar-refractivity contribution >= 4 is 50.8 Å². The van der Waals surface area contributed by atoms with Gasteiger partial charge in [-0.15, -0.1) is 0 Å². The van der Waals surface area contributed by atoms with E-state index in [1.54, 1.807) is 56.5 Å². The number of phenols is 2. The van der Waals surface area contributed by atoms with Crippen LogP contribution in [0.3, 0.4) is 0 Å². The number of hydrogen-bond donors (Lipinski definition) is 6. The fourth-order valence-corrected chi connectivity index (χ4v) is 8.08. The Hall–Kier alpha value is -5.48. The largest absolute Gasteiger partial charge is 0.507 e. The number of ketones is 1. The molecular weight excluding hydrogens is 750 g/mol. The number of carbonyl (C=O) groups excluding carboxylic acids is 3. The molecule has 2 aromatic heterocycles. The first-order valence-corrected chi connectivity index (χ1v) is 19.0. The molecule has 6 rings (SSSR count). The number of anilines is 1. The maximum atomic E-state index is 14.6. The summed E-state index contributed by atoms with van der Waals surface area (Å²) in [6.45, 7) is 13.7. The van der Waals surface area contributed by atoms with Crippen LogP contribution in [0.4, 0.5) is 5.69 Å². The summed E-state index contributed by atoms with van der Waals surface area (Å²) in [5, 5.41) is 61.3. The molecule has 0 saturated heterocycles. The number of hydrogen-bond acceptors (Lipinski definition) is 13. The number of ether oxygens (including phenoxy) is 4. The molecule has 310 valence electrons. The number of aryl methyl sites for hydroxylation is 1. The Kier molecular flexibility index (Phi) is 11.2. The molecule has 2 aromatic carbocycles. The third-order valence-electron chi connectivity index (χ3n) is 11.6. The minimum Gasteiger partial charge on any atom is -0.507 e. The number of aromatic nitrogens is 2. The molecule has 0 saturated carbocycles. The van der Waals surface area contributed by atoms with E-state index in [0.29, 0.717) is 5.65 Å². The highest BCUT2D eigenvalue weighted by molar-refractivity contribution is 6.28. The maximum Gasteiger partial charge on any atom is 0.312 e. The standard InChI is InChI=1S/C43H51N3O12/c1-19-14-16-46-27(18-19)44-31-28-29-36(50)23(5)38-30(28)39(52)43(9,58-38)56-17-15-26(55-10)42(8,54)40(57-25(7)47)24(6)35(49)22(4)34(48)20(2)12-11-13-21(3)41(53)45-32(33(31)46)37(29)51/h11-18,20,22,24,26,34-35,40,48-51,54H,1-10H3,(H,45,53)/b12-11+,17-15+,21-13-/t20-,22+,24+,26-,34-,35+,40-,42?,43-/m0/s1. The Labute approximate surface area is 335 Å². The van der Waals surface area contributed by atoms with Gasteiger partial charge < -0.3 is 49.8 Å². The van der Waals surface area contributed by atoms with Crippen LogP contribution in [0.1, 0.15) is 70.0 Å². The number of imidazole rings is 1. The fourth-order valence-electron chi connectivity index (χ4n) is 8.08. The first kappa shape index (κ1) is 42.1. The molecule has 1 unspecified atom stereocenters. The van der Waals surface area contributed by atoms with Crippen molar-refractivity contribution < 1.29 is 58.9 Å². The summed E-state index contributed by atoms with van der Waals surface area (Å²) >= 11 is 0. The van der Waals surface area contributed by atoms with Crippen LogP contribution in [-0.4, -0.2) is 95.5 Å². The number of fused-ring (bicyclic) bond motifs is 2. The average Bonchev–Trinajstić information content (AvgIpc) is 3.67. The van der Waals surface area contributed by atoms with Crippen LogP contribution in [-0.2, 0) is 23.8 Å². The van der Waals surface area contributed by atoms with Crippen LogP contribution < -0.4 is 10.1 Å². The molecule has 0 radical (unpaired) electrons. The number of aliphatic hydroxyl groups excluding tert-OH is 2. The summed E-state index contributed by atoms with van der Waals surface area (Å²) in [5.74, 6) is -7.35. The monoisotopic (exact) mass is 801 g/mol. The van der Waals surface area contributed by atoms with Crippen molar-refractivity contribution in [2.75, 3.05) is 12.4 Å². The number of allylic oxidation sites excluding steroid dienone is 2. The van der Waals surface area contributed by atoms with Crippen molar-refractivity contribution in [2.24, 2.45) is 17.8 Å². The predicted octanol–water partition coefficient (Wildman–Crippen LogP) is 5.27. The third kappa shape index (κ3) is 6.95. The van der Waals surface area contributed by atoms with E-state index < -0.39 is 82.7 Å². The number of nitrogens with one attached hydrogen (secondary N) is 1. The second-order valence-corrected chi connectivity index (χ2v) is 15.9. The highest BCUT2D eigenvalue weighted by Gasteiger charge is 2.51. The number of Topliss-reactive ketones (excluding diaryl/α,β-unsaturated/α-hetero) is 1. The molecule has 0 fully saturated rings. The summed E-state index contributed by atoms with van der Waals surface area (Å²) in [5.41, 5.74) is -0.0917. The summed E-state index contributed by atoms with van der Waals surface area (Å²) in [6.07, 6.45) is 3.82. The number of carbonyl (C=O) groups is 3. The van der Waals surface area contributed by atoms with E-state index in [-0.39, 0.29) is 49.9 Å². The smallest absolute Gasteiger partial charge is 0.312 e. The lowest BCUT2D eigenvalue weighted by atomic mass is 9.76. The van der Waals surface area contributed by atoms with Crippen molar-refractivity contribution in [3.63, 3.8) is 0 Å². The minimum atomic E-state index is -2.05. The minimum absolute atomic E-state index is 0.0220. The molecular formula is C43H51N3O12. The van der Waals surface area contributed by atoms with E-state index in [4.69, 9.17) is 23.9 Å². The first-order valence-electron chi connectivity index (χ1n) is 19.0. The molecule has 2 aliphatic heterocycles. The molecule has 1 amide bonds. The number of aromatic hydroxyl groups is 2. The van der Waals surface area contributed by atoms with E-state index in [1.165, 1.54) is 40.0 Å². The fraction of sp³-hybridized carbons (Fsp3) is 0.442. The summed E-state index contributed by atoms with van der Waals surface area (Å²) in [4.78, 5) is 45.6. The second kappa shape index (κ2) is 15.4. The van der Waals surface area contributed by atoms with Crippen LogP contribution in [0, 0.1) is 31.6 Å². The normalized spacial score (nSPS) is 31.8. The highest BCUT2D eigenvalue weighted by atomic mass is 16.7. The number of phenolic OH excluding ortho intramolecular Hbond substituents is 2. The molecule has 58 heavy (non-hydrogen) atoms. The molecule has 2 aliphatic rings. The lowest BCUT2D eigenvalue weighted by Crippen LogP contribution is -2.57. The molecule has 15 nitrogen and oxygen atoms in total. The first-order chi connectivity index (χ1) is 27.2. The van der Waals surface area contributed by atoms with Crippen molar-refractivity contribution in [1.82, 2.24) is 9.38 Å². The Balaban J connectivity index is 1.59. The van der Waals surface area contributed by atoms with Crippen molar-refractivity contribution in [3.05, 3.63) is 71.2 Å². The van der Waals surface area contributed by atoms with Gasteiger partial charge >= 0.3 is 11.8 Å². The van der Waals surface area contributed by atoms with E-state index in [1.807, 2.05) is 13.0 Å². The quantitative estimate of drug-likeness (QED) is 0.113. The SMILES string of the molecule is CO[C@H]1/C=C/O[C@@]2(C)Oc3c(C)c(O)c4c(O)c(c5c(nc6cc(C)ccn65)c4c3C2=O)NC(=O)/C(C)=C\C=C\[C@H](C)[C@H](O)[C@@H](C)[C@@H](O)[C@@H](C)[C@H](OC(C)=O)C1(C)O. The van der Waals surface area contributed by atoms with Crippen LogP contribution in [0.15, 0.2) is 54.5 Å². The van der Waals surface area contributed by atoms with E-state index >= 15 is 0 Å².